The first kappa shape index (κ1) is 16.7. The van der Waals surface area contributed by atoms with Gasteiger partial charge < -0.3 is 10.8 Å². The fourth-order valence-electron chi connectivity index (χ4n) is 0. The molecule has 0 unspecified atom stereocenters. The monoisotopic (exact) mass is 193 g/mol. The molecule has 0 spiro atoms. The van der Waals surface area contributed by atoms with Gasteiger partial charge in [-0.3, -0.25) is 4.79 Å². The predicted octanol–water partition coefficient (Wildman–Crippen LogP) is -0.398. The molecular formula is C3H8KNO2S2. The summed E-state index contributed by atoms with van der Waals surface area (Å²) in [7, 11) is 0. The van der Waals surface area contributed by atoms with Crippen molar-refractivity contribution in [2.24, 2.45) is 5.73 Å². The van der Waals surface area contributed by atoms with Crippen molar-refractivity contribution in [3.8, 4) is 0 Å². The molecule has 6 heteroatoms. The van der Waals surface area contributed by atoms with Gasteiger partial charge in [0.15, 0.2) is 0 Å². The molecule has 0 aliphatic heterocycles. The van der Waals surface area contributed by atoms with Crippen molar-refractivity contribution in [2.45, 2.75) is 6.92 Å². The second-order valence-electron chi connectivity index (χ2n) is 0.857. The molecule has 3 nitrogen and oxygen atoms in total. The molecule has 0 bridgehead atoms. The second-order valence-corrected chi connectivity index (χ2v) is 2.08. The van der Waals surface area contributed by atoms with Gasteiger partial charge in [0.25, 0.3) is 5.97 Å². The van der Waals surface area contributed by atoms with Gasteiger partial charge >= 0.3 is 51.4 Å². The topological polar surface area (TPSA) is 63.3 Å². The number of carboxylic acids is 1. The van der Waals surface area contributed by atoms with E-state index in [1.165, 1.54) is 0 Å². The number of hydrogen-bond donors (Lipinski definition) is 3. The molecule has 9 heavy (non-hydrogen) atoms. The third kappa shape index (κ3) is 278. The average molecular weight is 193 g/mol. The Morgan fingerprint density at radius 1 is 1.78 bits per heavy atom. The standard InChI is InChI=1S/C2H4O2.CH3NS2.K.H/c1-2(3)4;2-1(3)4;;/h1H3,(H,3,4);(H3,2,3,4);;. The van der Waals surface area contributed by atoms with Crippen molar-refractivity contribution in [1.29, 1.82) is 0 Å². The normalized spacial score (nSPS) is 5.56. The van der Waals surface area contributed by atoms with Gasteiger partial charge in [-0.15, -0.1) is 12.6 Å². The van der Waals surface area contributed by atoms with Crippen molar-refractivity contribution in [3.05, 3.63) is 0 Å². The van der Waals surface area contributed by atoms with Gasteiger partial charge in [0.2, 0.25) is 0 Å². The molecule has 0 aromatic heterocycles. The molecule has 0 saturated heterocycles. The van der Waals surface area contributed by atoms with E-state index < -0.39 is 5.97 Å². The Kier molecular flexibility index (Phi) is 22.4. The number of rotatable bonds is 0. The molecule has 50 valence electrons. The SMILES string of the molecule is CC(=O)O.NC(=S)S.[KH]. The maximum atomic E-state index is 9.00. The van der Waals surface area contributed by atoms with E-state index in [9.17, 15) is 0 Å². The van der Waals surface area contributed by atoms with Gasteiger partial charge in [0.05, 0.1) is 0 Å². The summed E-state index contributed by atoms with van der Waals surface area (Å²) in [6.45, 7) is 1.08. The van der Waals surface area contributed by atoms with E-state index in [1.54, 1.807) is 0 Å². The van der Waals surface area contributed by atoms with E-state index >= 15 is 0 Å². The van der Waals surface area contributed by atoms with Gasteiger partial charge in [-0.05, 0) is 0 Å². The van der Waals surface area contributed by atoms with E-state index in [0.29, 0.717) is 0 Å². The number of thiocarbonyl (C=S) groups is 1. The third-order valence-corrected chi connectivity index (χ3v) is 0. The third-order valence-electron chi connectivity index (χ3n) is 0. The first-order chi connectivity index (χ1) is 3.46. The average Bonchev–Trinajstić information content (AvgIpc) is 1.25. The molecule has 0 aromatic rings. The molecule has 0 aliphatic carbocycles. The summed E-state index contributed by atoms with van der Waals surface area (Å²) >= 11 is 7.65. The Morgan fingerprint density at radius 2 is 1.78 bits per heavy atom. The van der Waals surface area contributed by atoms with E-state index in [4.69, 9.17) is 15.6 Å². The Labute approximate surface area is 107 Å². The zero-order valence-corrected chi connectivity index (χ0v) is 6.00. The van der Waals surface area contributed by atoms with Gasteiger partial charge in [-0.25, -0.2) is 0 Å². The minimum absolute atomic E-state index is 0. The van der Waals surface area contributed by atoms with Crippen LogP contribution in [0.5, 0.6) is 0 Å². The summed E-state index contributed by atoms with van der Waals surface area (Å²) < 4.78 is 0.194. The number of hydrogen-bond acceptors (Lipinski definition) is 2. The molecular weight excluding hydrogens is 185 g/mol. The number of carbonyl (C=O) groups is 1. The van der Waals surface area contributed by atoms with Crippen LogP contribution in [0.3, 0.4) is 0 Å². The van der Waals surface area contributed by atoms with Crippen LogP contribution in [0.2, 0.25) is 0 Å². The van der Waals surface area contributed by atoms with E-state index in [1.807, 2.05) is 0 Å². The molecule has 3 N–H and O–H groups in total. The van der Waals surface area contributed by atoms with Gasteiger partial charge in [-0.2, -0.15) is 0 Å². The van der Waals surface area contributed by atoms with Crippen LogP contribution in [0, 0.1) is 0 Å². The molecule has 0 aliphatic rings. The van der Waals surface area contributed by atoms with Crippen LogP contribution in [-0.4, -0.2) is 66.8 Å². The van der Waals surface area contributed by atoms with Crippen molar-refractivity contribution < 1.29 is 9.90 Å². The fourth-order valence-corrected chi connectivity index (χ4v) is 0. The van der Waals surface area contributed by atoms with Crippen LogP contribution in [0.25, 0.3) is 0 Å². The Balaban J connectivity index is -0.0000000720. The molecule has 0 aromatic carbocycles. The Morgan fingerprint density at radius 3 is 1.78 bits per heavy atom. The van der Waals surface area contributed by atoms with Crippen LogP contribution in [0.15, 0.2) is 0 Å². The molecule has 0 fully saturated rings. The van der Waals surface area contributed by atoms with Crippen molar-refractivity contribution in [3.63, 3.8) is 0 Å². The molecule has 0 rings (SSSR count). The maximum absolute atomic E-state index is 9.00. The van der Waals surface area contributed by atoms with Crippen molar-refractivity contribution in [2.75, 3.05) is 0 Å². The number of carboxylic acid groups (broad SMARTS) is 1. The quantitative estimate of drug-likeness (QED) is 0.278. The number of nitrogens with two attached hydrogens (primary N) is 1. The van der Waals surface area contributed by atoms with Crippen LogP contribution in [0.4, 0.5) is 0 Å². The minimum atomic E-state index is -0.833. The summed E-state index contributed by atoms with van der Waals surface area (Å²) in [5, 5.41) is 7.42. The molecule has 0 atom stereocenters. The van der Waals surface area contributed by atoms with Gasteiger partial charge in [0.1, 0.15) is 4.32 Å². The first-order valence-corrected chi connectivity index (χ1v) is 2.50. The zero-order chi connectivity index (χ0) is 7.15. The Hall–Kier alpha value is 1.35. The second kappa shape index (κ2) is 12.1. The van der Waals surface area contributed by atoms with Crippen molar-refractivity contribution >= 4 is 86.5 Å². The molecule has 0 saturated carbocycles. The van der Waals surface area contributed by atoms with Crippen molar-refractivity contribution in [1.82, 2.24) is 0 Å². The summed E-state index contributed by atoms with van der Waals surface area (Å²) in [6, 6.07) is 0. The van der Waals surface area contributed by atoms with Crippen LogP contribution in [-0.2, 0) is 4.79 Å². The fraction of sp³-hybridized carbons (Fsp3) is 0.333. The van der Waals surface area contributed by atoms with Crippen LogP contribution < -0.4 is 5.73 Å². The molecule has 0 heterocycles. The molecule has 0 amide bonds. The molecule has 0 radical (unpaired) electrons. The first-order valence-electron chi connectivity index (χ1n) is 1.64. The van der Waals surface area contributed by atoms with Crippen LogP contribution in [0.1, 0.15) is 6.92 Å². The summed E-state index contributed by atoms with van der Waals surface area (Å²) in [5.41, 5.74) is 4.71. The predicted molar refractivity (Wildman–Crippen MR) is 46.2 cm³/mol. The van der Waals surface area contributed by atoms with Crippen LogP contribution >= 0.6 is 24.8 Å². The van der Waals surface area contributed by atoms with Gasteiger partial charge in [0, 0.05) is 6.92 Å². The number of aliphatic carboxylic acids is 1. The summed E-state index contributed by atoms with van der Waals surface area (Å²) in [4.78, 5) is 9.00. The summed E-state index contributed by atoms with van der Waals surface area (Å²) in [5.74, 6) is -0.833. The van der Waals surface area contributed by atoms with E-state index in [0.717, 1.165) is 6.92 Å². The summed E-state index contributed by atoms with van der Waals surface area (Å²) in [6.07, 6.45) is 0. The van der Waals surface area contributed by atoms with E-state index in [2.05, 4.69) is 24.8 Å². The zero-order valence-electron chi connectivity index (χ0n) is 4.29. The number of thiol groups is 1. The van der Waals surface area contributed by atoms with E-state index in [-0.39, 0.29) is 55.7 Å². The van der Waals surface area contributed by atoms with Gasteiger partial charge in [-0.1, -0.05) is 12.2 Å². The Bertz CT molecular complexity index is 77.8.